The van der Waals surface area contributed by atoms with E-state index < -0.39 is 0 Å². The van der Waals surface area contributed by atoms with E-state index in [-0.39, 0.29) is 0 Å². The fraction of sp³-hybridized carbons (Fsp3) is 0.500. The fourth-order valence-corrected chi connectivity index (χ4v) is 2.50. The van der Waals surface area contributed by atoms with Gasteiger partial charge in [-0.15, -0.1) is 0 Å². The van der Waals surface area contributed by atoms with Crippen molar-refractivity contribution >= 4 is 23.0 Å². The van der Waals surface area contributed by atoms with Crippen molar-refractivity contribution in [2.75, 3.05) is 11.9 Å². The van der Waals surface area contributed by atoms with Gasteiger partial charge in [0.05, 0.1) is 0 Å². The average molecular weight is 305 g/mol. The maximum Gasteiger partial charge on any atom is 0.171 e. The number of hydrogen-bond donors (Lipinski definition) is 2. The SMILES string of the molecule is CCc1cc(C)cc(CC)c1NC(=S)NCC=CC(C)C. The van der Waals surface area contributed by atoms with Gasteiger partial charge in [0.15, 0.2) is 5.11 Å². The lowest BCUT2D eigenvalue weighted by Gasteiger charge is -2.17. The lowest BCUT2D eigenvalue weighted by atomic mass is 10.00. The molecule has 0 fully saturated rings. The highest BCUT2D eigenvalue weighted by Crippen LogP contribution is 2.24. The maximum atomic E-state index is 5.41. The Hall–Kier alpha value is -1.35. The van der Waals surface area contributed by atoms with Gasteiger partial charge in [0, 0.05) is 12.2 Å². The zero-order valence-corrected chi connectivity index (χ0v) is 14.7. The van der Waals surface area contributed by atoms with Gasteiger partial charge in [0.25, 0.3) is 0 Å². The van der Waals surface area contributed by atoms with Gasteiger partial charge in [0.1, 0.15) is 0 Å². The molecule has 0 aliphatic heterocycles. The molecule has 1 aromatic carbocycles. The number of nitrogens with one attached hydrogen (secondary N) is 2. The molecule has 21 heavy (non-hydrogen) atoms. The molecule has 0 unspecified atom stereocenters. The van der Waals surface area contributed by atoms with Crippen molar-refractivity contribution in [2.24, 2.45) is 5.92 Å². The number of rotatable bonds is 6. The second kappa shape index (κ2) is 8.83. The highest BCUT2D eigenvalue weighted by atomic mass is 32.1. The Morgan fingerprint density at radius 2 is 1.76 bits per heavy atom. The third kappa shape index (κ3) is 5.88. The highest BCUT2D eigenvalue weighted by Gasteiger charge is 2.09. The van der Waals surface area contributed by atoms with E-state index in [4.69, 9.17) is 12.2 Å². The molecular weight excluding hydrogens is 276 g/mol. The third-order valence-electron chi connectivity index (χ3n) is 3.35. The van der Waals surface area contributed by atoms with Crippen LogP contribution in [0.25, 0.3) is 0 Å². The predicted molar refractivity (Wildman–Crippen MR) is 98.1 cm³/mol. The van der Waals surface area contributed by atoms with Crippen LogP contribution in [-0.2, 0) is 12.8 Å². The summed E-state index contributed by atoms with van der Waals surface area (Å²) in [5, 5.41) is 7.31. The van der Waals surface area contributed by atoms with Crippen LogP contribution in [0.1, 0.15) is 44.4 Å². The summed E-state index contributed by atoms with van der Waals surface area (Å²) in [7, 11) is 0. The molecule has 0 radical (unpaired) electrons. The van der Waals surface area contributed by atoms with E-state index in [9.17, 15) is 0 Å². The number of benzene rings is 1. The second-order valence-electron chi connectivity index (χ2n) is 5.67. The predicted octanol–water partition coefficient (Wildman–Crippen LogP) is 4.62. The van der Waals surface area contributed by atoms with E-state index in [0.717, 1.165) is 19.4 Å². The zero-order chi connectivity index (χ0) is 15.8. The van der Waals surface area contributed by atoms with Gasteiger partial charge in [-0.1, -0.05) is 57.5 Å². The first-order valence-corrected chi connectivity index (χ1v) is 8.22. The van der Waals surface area contributed by atoms with Gasteiger partial charge in [-0.05, 0) is 49.0 Å². The van der Waals surface area contributed by atoms with Crippen molar-refractivity contribution < 1.29 is 0 Å². The summed E-state index contributed by atoms with van der Waals surface area (Å²) in [5.74, 6) is 0.573. The first-order chi connectivity index (χ1) is 9.97. The van der Waals surface area contributed by atoms with Crippen LogP contribution >= 0.6 is 12.2 Å². The quantitative estimate of drug-likeness (QED) is 0.592. The maximum absolute atomic E-state index is 5.41. The van der Waals surface area contributed by atoms with Crippen LogP contribution in [-0.4, -0.2) is 11.7 Å². The van der Waals surface area contributed by atoms with Gasteiger partial charge in [-0.3, -0.25) is 0 Å². The average Bonchev–Trinajstić information content (AvgIpc) is 2.44. The molecule has 116 valence electrons. The summed E-state index contributed by atoms with van der Waals surface area (Å²) >= 11 is 5.41. The van der Waals surface area contributed by atoms with Gasteiger partial charge in [-0.25, -0.2) is 0 Å². The smallest absolute Gasteiger partial charge is 0.171 e. The zero-order valence-electron chi connectivity index (χ0n) is 13.9. The number of hydrogen-bond acceptors (Lipinski definition) is 1. The molecular formula is C18H28N2S. The number of allylic oxidation sites excluding steroid dienone is 1. The van der Waals surface area contributed by atoms with Crippen LogP contribution in [0.5, 0.6) is 0 Å². The molecule has 0 heterocycles. The monoisotopic (exact) mass is 304 g/mol. The minimum Gasteiger partial charge on any atom is -0.359 e. The minimum absolute atomic E-state index is 0.573. The van der Waals surface area contributed by atoms with Crippen LogP contribution in [0.3, 0.4) is 0 Å². The molecule has 0 saturated heterocycles. The van der Waals surface area contributed by atoms with Crippen LogP contribution in [0.4, 0.5) is 5.69 Å². The van der Waals surface area contributed by atoms with E-state index in [2.05, 4.69) is 69.5 Å². The summed E-state index contributed by atoms with van der Waals surface area (Å²) in [6.07, 6.45) is 6.31. The summed E-state index contributed by atoms with van der Waals surface area (Å²) in [6, 6.07) is 4.48. The molecule has 0 bridgehead atoms. The van der Waals surface area contributed by atoms with Gasteiger partial charge in [-0.2, -0.15) is 0 Å². The Bertz CT molecular complexity index is 479. The first-order valence-electron chi connectivity index (χ1n) is 7.81. The Kier molecular flexibility index (Phi) is 7.44. The summed E-state index contributed by atoms with van der Waals surface area (Å²) < 4.78 is 0. The number of aryl methyl sites for hydroxylation is 3. The van der Waals surface area contributed by atoms with Gasteiger partial charge >= 0.3 is 0 Å². The molecule has 0 amide bonds. The largest absolute Gasteiger partial charge is 0.359 e. The molecule has 0 spiro atoms. The molecule has 0 saturated carbocycles. The molecule has 0 aliphatic carbocycles. The molecule has 0 aromatic heterocycles. The summed E-state index contributed by atoms with van der Waals surface area (Å²) in [6.45, 7) is 11.6. The Morgan fingerprint density at radius 3 is 2.24 bits per heavy atom. The van der Waals surface area contributed by atoms with Crippen LogP contribution in [0, 0.1) is 12.8 Å². The van der Waals surface area contributed by atoms with E-state index >= 15 is 0 Å². The lowest BCUT2D eigenvalue weighted by molar-refractivity contribution is 0.825. The van der Waals surface area contributed by atoms with Gasteiger partial charge < -0.3 is 10.6 Å². The Morgan fingerprint density at radius 1 is 1.19 bits per heavy atom. The van der Waals surface area contributed by atoms with Crippen molar-refractivity contribution in [3.8, 4) is 0 Å². The van der Waals surface area contributed by atoms with Crippen LogP contribution in [0.2, 0.25) is 0 Å². The van der Waals surface area contributed by atoms with E-state index in [0.29, 0.717) is 11.0 Å². The van der Waals surface area contributed by atoms with E-state index in [1.807, 2.05) is 0 Å². The van der Waals surface area contributed by atoms with Crippen LogP contribution < -0.4 is 10.6 Å². The van der Waals surface area contributed by atoms with Crippen molar-refractivity contribution in [1.82, 2.24) is 5.32 Å². The lowest BCUT2D eigenvalue weighted by Crippen LogP contribution is -2.29. The van der Waals surface area contributed by atoms with Crippen molar-refractivity contribution in [3.05, 3.63) is 41.0 Å². The molecule has 0 aliphatic rings. The van der Waals surface area contributed by atoms with Crippen molar-refractivity contribution in [2.45, 2.75) is 47.5 Å². The normalized spacial score (nSPS) is 11.1. The standard InChI is InChI=1S/C18H28N2S/c1-6-15-11-14(5)12-16(7-2)17(15)20-18(21)19-10-8-9-13(3)4/h8-9,11-13H,6-7,10H2,1-5H3,(H2,19,20,21). The third-order valence-corrected chi connectivity index (χ3v) is 3.59. The number of thiocarbonyl (C=S) groups is 1. The number of anilines is 1. The van der Waals surface area contributed by atoms with Crippen molar-refractivity contribution in [3.63, 3.8) is 0 Å². The molecule has 1 aromatic rings. The fourth-order valence-electron chi connectivity index (χ4n) is 2.31. The molecule has 3 heteroatoms. The summed E-state index contributed by atoms with van der Waals surface area (Å²) in [5.41, 5.74) is 5.14. The Balaban J connectivity index is 2.75. The Labute approximate surface area is 135 Å². The molecule has 2 N–H and O–H groups in total. The summed E-state index contributed by atoms with van der Waals surface area (Å²) in [4.78, 5) is 0. The minimum atomic E-state index is 0.573. The second-order valence-corrected chi connectivity index (χ2v) is 6.08. The van der Waals surface area contributed by atoms with Crippen LogP contribution in [0.15, 0.2) is 24.3 Å². The highest BCUT2D eigenvalue weighted by molar-refractivity contribution is 7.80. The van der Waals surface area contributed by atoms with E-state index in [1.165, 1.54) is 22.4 Å². The topological polar surface area (TPSA) is 24.1 Å². The molecule has 2 nitrogen and oxygen atoms in total. The van der Waals surface area contributed by atoms with Crippen molar-refractivity contribution in [1.29, 1.82) is 0 Å². The molecule has 1 rings (SSSR count). The van der Waals surface area contributed by atoms with Gasteiger partial charge in [0.2, 0.25) is 0 Å². The van der Waals surface area contributed by atoms with E-state index in [1.54, 1.807) is 0 Å². The molecule has 0 atom stereocenters. The first kappa shape index (κ1) is 17.7.